The molecule has 1 saturated carbocycles. The van der Waals surface area contributed by atoms with Crippen molar-refractivity contribution in [1.29, 1.82) is 5.26 Å². The molecule has 10 heteroatoms. The van der Waals surface area contributed by atoms with Gasteiger partial charge in [0.1, 0.15) is 6.04 Å². The van der Waals surface area contributed by atoms with Gasteiger partial charge < -0.3 is 14.5 Å². The first-order valence-corrected chi connectivity index (χ1v) is 13.2. The zero-order chi connectivity index (χ0) is 23.8. The number of benzene rings is 1. The first-order valence-electron chi connectivity index (χ1n) is 11.3. The van der Waals surface area contributed by atoms with Gasteiger partial charge in [-0.05, 0) is 56.4 Å². The molecular weight excluding hydrogens is 466 g/mol. The van der Waals surface area contributed by atoms with Crippen molar-refractivity contribution in [2.24, 2.45) is 11.8 Å². The van der Waals surface area contributed by atoms with E-state index < -0.39 is 33.0 Å². The Balaban J connectivity index is 1.65. The van der Waals surface area contributed by atoms with Gasteiger partial charge >= 0.3 is 0 Å². The minimum atomic E-state index is -3.78. The zero-order valence-electron chi connectivity index (χ0n) is 18.6. The van der Waals surface area contributed by atoms with E-state index in [2.05, 4.69) is 6.07 Å². The van der Waals surface area contributed by atoms with Crippen LogP contribution in [0.2, 0.25) is 5.02 Å². The Morgan fingerprint density at radius 1 is 1.12 bits per heavy atom. The van der Waals surface area contributed by atoms with Crippen LogP contribution in [0.1, 0.15) is 31.2 Å². The number of hydrogen-bond acceptors (Lipinski definition) is 6. The van der Waals surface area contributed by atoms with Crippen molar-refractivity contribution in [2.75, 3.05) is 32.8 Å². The molecule has 0 unspecified atom stereocenters. The zero-order valence-corrected chi connectivity index (χ0v) is 20.1. The van der Waals surface area contributed by atoms with Crippen LogP contribution in [0.4, 0.5) is 0 Å². The molecule has 1 aromatic rings. The SMILES string of the molecule is Cc1cc(Cl)ccc1S(=O)(=O)[C@H]1C[C@@H](C(=O)N2CCOCC2)[C@H](C(=O)N2CCC[C@H]2C#N)C1. The Bertz CT molecular complexity index is 1080. The molecule has 2 saturated heterocycles. The summed E-state index contributed by atoms with van der Waals surface area (Å²) < 4.78 is 32.5. The van der Waals surface area contributed by atoms with Crippen molar-refractivity contribution in [3.05, 3.63) is 28.8 Å². The number of hydrogen-bond donors (Lipinski definition) is 0. The quantitative estimate of drug-likeness (QED) is 0.636. The topological polar surface area (TPSA) is 108 Å². The van der Waals surface area contributed by atoms with Crippen molar-refractivity contribution >= 4 is 33.3 Å². The Hall–Kier alpha value is -2.15. The molecule has 33 heavy (non-hydrogen) atoms. The summed E-state index contributed by atoms with van der Waals surface area (Å²) in [6.45, 7) is 3.84. The lowest BCUT2D eigenvalue weighted by molar-refractivity contribution is -0.147. The summed E-state index contributed by atoms with van der Waals surface area (Å²) in [7, 11) is -3.78. The van der Waals surface area contributed by atoms with E-state index in [1.165, 1.54) is 17.0 Å². The van der Waals surface area contributed by atoms with Crippen molar-refractivity contribution in [3.8, 4) is 6.07 Å². The van der Waals surface area contributed by atoms with E-state index in [0.29, 0.717) is 49.9 Å². The second-order valence-corrected chi connectivity index (χ2v) is 11.7. The monoisotopic (exact) mass is 493 g/mol. The highest BCUT2D eigenvalue weighted by atomic mass is 35.5. The number of likely N-dealkylation sites (tertiary alicyclic amines) is 1. The fourth-order valence-corrected chi connectivity index (χ4v) is 7.57. The van der Waals surface area contributed by atoms with Crippen molar-refractivity contribution < 1.29 is 22.7 Å². The van der Waals surface area contributed by atoms with E-state index >= 15 is 0 Å². The molecule has 0 N–H and O–H groups in total. The molecule has 0 spiro atoms. The minimum absolute atomic E-state index is 0.0681. The largest absolute Gasteiger partial charge is 0.378 e. The van der Waals surface area contributed by atoms with Crippen molar-refractivity contribution in [3.63, 3.8) is 0 Å². The summed E-state index contributed by atoms with van der Waals surface area (Å²) in [6.07, 6.45) is 1.48. The Morgan fingerprint density at radius 3 is 2.42 bits per heavy atom. The van der Waals surface area contributed by atoms with Gasteiger partial charge in [0.2, 0.25) is 11.8 Å². The molecule has 8 nitrogen and oxygen atoms in total. The average molecular weight is 494 g/mol. The molecule has 0 radical (unpaired) electrons. The summed E-state index contributed by atoms with van der Waals surface area (Å²) in [5, 5.41) is 9.04. The van der Waals surface area contributed by atoms with Gasteiger partial charge in [-0.15, -0.1) is 0 Å². The summed E-state index contributed by atoms with van der Waals surface area (Å²) in [5.41, 5.74) is 0.539. The van der Waals surface area contributed by atoms with E-state index in [4.69, 9.17) is 16.3 Å². The lowest BCUT2D eigenvalue weighted by atomic mass is 9.92. The predicted molar refractivity (Wildman–Crippen MR) is 121 cm³/mol. The van der Waals surface area contributed by atoms with Gasteiger partial charge in [0, 0.05) is 24.7 Å². The van der Waals surface area contributed by atoms with Crippen LogP contribution in [0.25, 0.3) is 0 Å². The molecule has 3 fully saturated rings. The Labute approximate surface area is 199 Å². The van der Waals surface area contributed by atoms with Crippen LogP contribution in [-0.2, 0) is 24.2 Å². The summed E-state index contributed by atoms with van der Waals surface area (Å²) >= 11 is 6.01. The molecule has 2 amide bonds. The van der Waals surface area contributed by atoms with E-state index in [1.54, 1.807) is 17.9 Å². The Kier molecular flexibility index (Phi) is 6.99. The van der Waals surface area contributed by atoms with Crippen LogP contribution in [-0.4, -0.2) is 74.2 Å². The second-order valence-electron chi connectivity index (χ2n) is 9.02. The highest BCUT2D eigenvalue weighted by Crippen LogP contribution is 2.42. The number of sulfone groups is 1. The van der Waals surface area contributed by atoms with E-state index in [9.17, 15) is 23.3 Å². The molecule has 4 atom stereocenters. The average Bonchev–Trinajstić information content (AvgIpc) is 3.46. The minimum Gasteiger partial charge on any atom is -0.378 e. The summed E-state index contributed by atoms with van der Waals surface area (Å²) in [5.74, 6) is -1.98. The van der Waals surface area contributed by atoms with E-state index in [0.717, 1.165) is 6.42 Å². The number of nitrogens with zero attached hydrogens (tertiary/aromatic N) is 3. The maximum absolute atomic E-state index is 13.6. The third-order valence-corrected chi connectivity index (χ3v) is 9.61. The number of morpholine rings is 1. The van der Waals surface area contributed by atoms with Gasteiger partial charge in [0.05, 0.1) is 41.3 Å². The van der Waals surface area contributed by atoms with Gasteiger partial charge in [-0.1, -0.05) is 11.6 Å². The molecule has 1 aromatic carbocycles. The van der Waals surface area contributed by atoms with Crippen LogP contribution in [0.3, 0.4) is 0 Å². The highest BCUT2D eigenvalue weighted by molar-refractivity contribution is 7.92. The first kappa shape index (κ1) is 24.0. The third-order valence-electron chi connectivity index (χ3n) is 7.04. The van der Waals surface area contributed by atoms with Crippen LogP contribution < -0.4 is 0 Å². The highest BCUT2D eigenvalue weighted by Gasteiger charge is 2.50. The number of rotatable bonds is 4. The summed E-state index contributed by atoms with van der Waals surface area (Å²) in [4.78, 5) is 30.3. The van der Waals surface area contributed by atoms with Crippen LogP contribution >= 0.6 is 11.6 Å². The number of amides is 2. The normalized spacial score (nSPS) is 28.0. The molecule has 3 aliphatic rings. The number of carbonyl (C=O) groups is 2. The fourth-order valence-electron chi connectivity index (χ4n) is 5.30. The first-order chi connectivity index (χ1) is 15.7. The van der Waals surface area contributed by atoms with Crippen LogP contribution in [0.15, 0.2) is 23.1 Å². The molecule has 4 rings (SSSR count). The third kappa shape index (κ3) is 4.61. The lowest BCUT2D eigenvalue weighted by Crippen LogP contribution is -2.47. The van der Waals surface area contributed by atoms with Crippen LogP contribution in [0, 0.1) is 30.1 Å². The van der Waals surface area contributed by atoms with Crippen molar-refractivity contribution in [1.82, 2.24) is 9.80 Å². The summed E-state index contributed by atoms with van der Waals surface area (Å²) in [6, 6.07) is 6.28. The molecule has 0 bridgehead atoms. The Morgan fingerprint density at radius 2 is 1.79 bits per heavy atom. The number of nitriles is 1. The maximum Gasteiger partial charge on any atom is 0.227 e. The second kappa shape index (κ2) is 9.61. The predicted octanol–water partition coefficient (Wildman–Crippen LogP) is 2.19. The number of ether oxygens (including phenoxy) is 1. The van der Waals surface area contributed by atoms with Gasteiger partial charge in [-0.2, -0.15) is 5.26 Å². The smallest absolute Gasteiger partial charge is 0.227 e. The van der Waals surface area contributed by atoms with Gasteiger partial charge in [-0.3, -0.25) is 9.59 Å². The maximum atomic E-state index is 13.6. The number of halogens is 1. The van der Waals surface area contributed by atoms with Gasteiger partial charge in [0.15, 0.2) is 9.84 Å². The molecule has 2 heterocycles. The fraction of sp³-hybridized carbons (Fsp3) is 0.609. The molecule has 1 aliphatic carbocycles. The van der Waals surface area contributed by atoms with Crippen molar-refractivity contribution in [2.45, 2.75) is 48.8 Å². The lowest BCUT2D eigenvalue weighted by Gasteiger charge is -2.32. The van der Waals surface area contributed by atoms with Gasteiger partial charge in [-0.25, -0.2) is 8.42 Å². The number of aryl methyl sites for hydroxylation is 1. The molecule has 0 aromatic heterocycles. The number of carbonyl (C=O) groups excluding carboxylic acids is 2. The molecular formula is C23H28ClN3O5S. The van der Waals surface area contributed by atoms with E-state index in [1.807, 2.05) is 0 Å². The van der Waals surface area contributed by atoms with Crippen LogP contribution in [0.5, 0.6) is 0 Å². The standard InChI is InChI=1S/C23H28ClN3O5S/c1-15-11-16(24)4-5-21(15)33(30,31)18-12-19(22(28)26-7-9-32-10-8-26)20(13-18)23(29)27-6-2-3-17(27)14-25/h4-5,11,17-20H,2-3,6-10,12-13H2,1H3/t17-,18-,19+,20+/m0/s1. The molecule has 178 valence electrons. The van der Waals surface area contributed by atoms with Gasteiger partial charge in [0.25, 0.3) is 0 Å². The van der Waals surface area contributed by atoms with E-state index in [-0.39, 0.29) is 29.6 Å². The molecule has 2 aliphatic heterocycles.